The number of carbonyl (C=O) groups is 3. The third kappa shape index (κ3) is 3.59. The molecule has 0 unspecified atom stereocenters. The van der Waals surface area contributed by atoms with E-state index < -0.39 is 0 Å². The molecular formula is C21H21N3O4. The molecule has 1 aliphatic heterocycles. The van der Waals surface area contributed by atoms with Gasteiger partial charge in [-0.25, -0.2) is 0 Å². The van der Waals surface area contributed by atoms with Crippen molar-refractivity contribution >= 4 is 34.7 Å². The minimum Gasteiger partial charge on any atom is -0.495 e. The lowest BCUT2D eigenvalue weighted by atomic mass is 10.0. The Bertz CT molecular complexity index is 964. The molecule has 7 nitrogen and oxygen atoms in total. The van der Waals surface area contributed by atoms with E-state index >= 15 is 0 Å². The Morgan fingerprint density at radius 3 is 2.32 bits per heavy atom. The standard InChI is InChI=1S/C21H21N3O4/c1-4-24-20(26)18(14-9-11-15(12-10-14)22-13(2)25)19(21(24)27)23-16-7-5-6-8-17(16)28-3/h5-12,23H,4H2,1-3H3,(H,22,25). The van der Waals surface area contributed by atoms with Crippen molar-refractivity contribution in [3.05, 3.63) is 59.8 Å². The van der Waals surface area contributed by atoms with Gasteiger partial charge in [0.05, 0.1) is 18.4 Å². The first-order valence-electron chi connectivity index (χ1n) is 8.84. The molecule has 1 aliphatic rings. The molecule has 0 fully saturated rings. The molecule has 2 N–H and O–H groups in total. The molecule has 0 saturated heterocycles. The first-order valence-corrected chi connectivity index (χ1v) is 8.84. The zero-order valence-electron chi connectivity index (χ0n) is 15.9. The van der Waals surface area contributed by atoms with E-state index in [1.165, 1.54) is 18.9 Å². The SMILES string of the molecule is CCN1C(=O)C(Nc2ccccc2OC)=C(c2ccc(NC(C)=O)cc2)C1=O. The van der Waals surface area contributed by atoms with Crippen molar-refractivity contribution in [2.24, 2.45) is 0 Å². The lowest BCUT2D eigenvalue weighted by Gasteiger charge is -2.13. The van der Waals surface area contributed by atoms with Crippen LogP contribution in [0.25, 0.3) is 5.57 Å². The number of amides is 3. The summed E-state index contributed by atoms with van der Waals surface area (Å²) in [7, 11) is 1.54. The van der Waals surface area contributed by atoms with Crippen molar-refractivity contribution < 1.29 is 19.1 Å². The number of likely N-dealkylation sites (N-methyl/N-ethyl adjacent to an activating group) is 1. The summed E-state index contributed by atoms with van der Waals surface area (Å²) in [6, 6.07) is 14.0. The Hall–Kier alpha value is -3.61. The van der Waals surface area contributed by atoms with Gasteiger partial charge in [-0.15, -0.1) is 0 Å². The van der Waals surface area contributed by atoms with Crippen molar-refractivity contribution in [3.63, 3.8) is 0 Å². The van der Waals surface area contributed by atoms with E-state index in [1.807, 2.05) is 12.1 Å². The summed E-state index contributed by atoms with van der Waals surface area (Å²) in [4.78, 5) is 38.1. The quantitative estimate of drug-likeness (QED) is 0.754. The molecule has 0 aromatic heterocycles. The van der Waals surface area contributed by atoms with Gasteiger partial charge in [0.15, 0.2) is 0 Å². The highest BCUT2D eigenvalue weighted by atomic mass is 16.5. The van der Waals surface area contributed by atoms with Gasteiger partial charge in [-0.1, -0.05) is 24.3 Å². The highest BCUT2D eigenvalue weighted by Crippen LogP contribution is 2.33. The minimum absolute atomic E-state index is 0.185. The Balaban J connectivity index is 2.05. The van der Waals surface area contributed by atoms with Gasteiger partial charge in [-0.05, 0) is 36.8 Å². The number of hydrogen-bond acceptors (Lipinski definition) is 5. The summed E-state index contributed by atoms with van der Waals surface area (Å²) in [5.74, 6) is -0.378. The fraction of sp³-hybridized carbons (Fsp3) is 0.190. The van der Waals surface area contributed by atoms with E-state index in [4.69, 9.17) is 4.74 Å². The van der Waals surface area contributed by atoms with Crippen LogP contribution in [-0.2, 0) is 14.4 Å². The van der Waals surface area contributed by atoms with Gasteiger partial charge in [0.1, 0.15) is 11.4 Å². The van der Waals surface area contributed by atoms with E-state index in [2.05, 4.69) is 10.6 Å². The predicted octanol–water partition coefficient (Wildman–Crippen LogP) is 2.87. The Kier molecular flexibility index (Phi) is 5.44. The van der Waals surface area contributed by atoms with Crippen LogP contribution >= 0.6 is 0 Å². The average molecular weight is 379 g/mol. The summed E-state index contributed by atoms with van der Waals surface area (Å²) in [5, 5.41) is 5.75. The molecule has 0 bridgehead atoms. The van der Waals surface area contributed by atoms with Crippen molar-refractivity contribution in [2.75, 3.05) is 24.3 Å². The Morgan fingerprint density at radius 1 is 1.04 bits per heavy atom. The number of imide groups is 1. The first-order chi connectivity index (χ1) is 13.5. The number of hydrogen-bond donors (Lipinski definition) is 2. The van der Waals surface area contributed by atoms with Gasteiger partial charge in [0, 0.05) is 19.2 Å². The third-order valence-corrected chi connectivity index (χ3v) is 4.34. The molecule has 0 saturated carbocycles. The number of ether oxygens (including phenoxy) is 1. The fourth-order valence-corrected chi connectivity index (χ4v) is 3.05. The number of carbonyl (C=O) groups excluding carboxylic acids is 3. The average Bonchev–Trinajstić information content (AvgIpc) is 2.92. The summed E-state index contributed by atoms with van der Waals surface area (Å²) >= 11 is 0. The monoisotopic (exact) mass is 379 g/mol. The predicted molar refractivity (Wildman–Crippen MR) is 107 cm³/mol. The number of nitrogens with zero attached hydrogens (tertiary/aromatic N) is 1. The number of para-hydroxylation sites is 2. The fourth-order valence-electron chi connectivity index (χ4n) is 3.05. The highest BCUT2D eigenvalue weighted by molar-refractivity contribution is 6.36. The summed E-state index contributed by atoms with van der Waals surface area (Å²) in [6.07, 6.45) is 0. The third-order valence-electron chi connectivity index (χ3n) is 4.34. The lowest BCUT2D eigenvalue weighted by molar-refractivity contribution is -0.136. The van der Waals surface area contributed by atoms with Crippen LogP contribution < -0.4 is 15.4 Å². The van der Waals surface area contributed by atoms with Crippen LogP contribution in [0.3, 0.4) is 0 Å². The maximum atomic E-state index is 12.9. The largest absolute Gasteiger partial charge is 0.495 e. The Labute approximate surface area is 163 Å². The van der Waals surface area contributed by atoms with E-state index in [1.54, 1.807) is 43.3 Å². The minimum atomic E-state index is -0.389. The zero-order valence-corrected chi connectivity index (χ0v) is 15.9. The molecule has 144 valence electrons. The molecule has 0 aliphatic carbocycles. The Morgan fingerprint density at radius 2 is 1.71 bits per heavy atom. The van der Waals surface area contributed by atoms with E-state index in [0.29, 0.717) is 22.7 Å². The molecule has 3 amide bonds. The number of methoxy groups -OCH3 is 1. The summed E-state index contributed by atoms with van der Waals surface area (Å²) in [5.41, 5.74) is 2.27. The summed E-state index contributed by atoms with van der Waals surface area (Å²) in [6.45, 7) is 3.44. The van der Waals surface area contributed by atoms with E-state index in [0.717, 1.165) is 0 Å². The number of anilines is 2. The second kappa shape index (κ2) is 7.96. The van der Waals surface area contributed by atoms with Gasteiger partial charge >= 0.3 is 0 Å². The molecule has 1 heterocycles. The van der Waals surface area contributed by atoms with Crippen LogP contribution in [0.2, 0.25) is 0 Å². The topological polar surface area (TPSA) is 87.7 Å². The first kappa shape index (κ1) is 19.2. The van der Waals surface area contributed by atoms with Crippen LogP contribution in [-0.4, -0.2) is 36.3 Å². The van der Waals surface area contributed by atoms with Gasteiger partial charge in [0.2, 0.25) is 5.91 Å². The molecule has 28 heavy (non-hydrogen) atoms. The molecule has 0 radical (unpaired) electrons. The molecule has 0 atom stereocenters. The van der Waals surface area contributed by atoms with Gasteiger partial charge in [-0.3, -0.25) is 19.3 Å². The van der Waals surface area contributed by atoms with Gasteiger partial charge < -0.3 is 15.4 Å². The molecular weight excluding hydrogens is 358 g/mol. The second-order valence-electron chi connectivity index (χ2n) is 6.19. The normalized spacial score (nSPS) is 13.8. The molecule has 7 heteroatoms. The maximum absolute atomic E-state index is 12.9. The van der Waals surface area contributed by atoms with E-state index in [9.17, 15) is 14.4 Å². The van der Waals surface area contributed by atoms with E-state index in [-0.39, 0.29) is 35.5 Å². The summed E-state index contributed by atoms with van der Waals surface area (Å²) < 4.78 is 5.33. The number of nitrogens with one attached hydrogen (secondary N) is 2. The highest BCUT2D eigenvalue weighted by Gasteiger charge is 2.38. The van der Waals surface area contributed by atoms with Gasteiger partial charge in [-0.2, -0.15) is 0 Å². The number of benzene rings is 2. The second-order valence-corrected chi connectivity index (χ2v) is 6.19. The smallest absolute Gasteiger partial charge is 0.278 e. The van der Waals surface area contributed by atoms with Crippen molar-refractivity contribution in [1.82, 2.24) is 4.90 Å². The number of rotatable bonds is 6. The van der Waals surface area contributed by atoms with Crippen LogP contribution in [0.4, 0.5) is 11.4 Å². The lowest BCUT2D eigenvalue weighted by Crippen LogP contribution is -2.32. The molecule has 0 spiro atoms. The van der Waals surface area contributed by atoms with Crippen LogP contribution in [0, 0.1) is 0 Å². The van der Waals surface area contributed by atoms with Crippen molar-refractivity contribution in [3.8, 4) is 5.75 Å². The molecule has 3 rings (SSSR count). The maximum Gasteiger partial charge on any atom is 0.278 e. The van der Waals surface area contributed by atoms with Crippen molar-refractivity contribution in [1.29, 1.82) is 0 Å². The van der Waals surface area contributed by atoms with Crippen LogP contribution in [0.15, 0.2) is 54.2 Å². The van der Waals surface area contributed by atoms with Crippen LogP contribution in [0.1, 0.15) is 19.4 Å². The van der Waals surface area contributed by atoms with Gasteiger partial charge in [0.25, 0.3) is 11.8 Å². The molecule has 2 aromatic rings. The molecule has 2 aromatic carbocycles. The van der Waals surface area contributed by atoms with Crippen LogP contribution in [0.5, 0.6) is 5.75 Å². The van der Waals surface area contributed by atoms with Crippen molar-refractivity contribution in [2.45, 2.75) is 13.8 Å². The zero-order chi connectivity index (χ0) is 20.3.